The van der Waals surface area contributed by atoms with Crippen molar-refractivity contribution in [3.63, 3.8) is 0 Å². The molecule has 5 rings (SSSR count). The second-order valence-electron chi connectivity index (χ2n) is 10.7. The van der Waals surface area contributed by atoms with E-state index in [9.17, 15) is 9.59 Å². The van der Waals surface area contributed by atoms with Crippen molar-refractivity contribution in [1.82, 2.24) is 19.7 Å². The molecule has 9 heteroatoms. The Bertz CT molecular complexity index is 1350. The molecular weight excluding hydrogens is 476 g/mol. The molecule has 1 aromatic carbocycles. The number of aromatic nitrogens is 1. The van der Waals surface area contributed by atoms with Crippen molar-refractivity contribution in [3.05, 3.63) is 45.2 Å². The van der Waals surface area contributed by atoms with Gasteiger partial charge in [-0.2, -0.15) is 0 Å². The number of benzene rings is 1. The molecule has 1 spiro atoms. The molecule has 0 atom stereocenters. The van der Waals surface area contributed by atoms with Gasteiger partial charge < -0.3 is 29.2 Å². The summed E-state index contributed by atoms with van der Waals surface area (Å²) in [5, 5.41) is 3.73. The number of fused-ring (bicyclic) bond motifs is 1. The zero-order valence-corrected chi connectivity index (χ0v) is 22.6. The highest BCUT2D eigenvalue weighted by Gasteiger charge is 2.51. The SMILES string of the molecule is COc1cc(-c2cn(C)c(=O)c3cc(C(=O)NC4CC5(C4)CN(C)C5)sc23)cc(OC)c1CN(C)C. The van der Waals surface area contributed by atoms with Crippen molar-refractivity contribution in [2.75, 3.05) is 48.5 Å². The molecule has 2 fully saturated rings. The second kappa shape index (κ2) is 9.21. The van der Waals surface area contributed by atoms with Crippen LogP contribution in [0.25, 0.3) is 21.2 Å². The lowest BCUT2D eigenvalue weighted by molar-refractivity contribution is -0.0625. The fourth-order valence-corrected chi connectivity index (χ4v) is 6.97. The van der Waals surface area contributed by atoms with Gasteiger partial charge in [0, 0.05) is 49.2 Å². The predicted octanol–water partition coefficient (Wildman–Crippen LogP) is 3.17. The van der Waals surface area contributed by atoms with E-state index in [4.69, 9.17) is 9.47 Å². The number of amides is 1. The molecule has 1 N–H and O–H groups in total. The third-order valence-electron chi connectivity index (χ3n) is 7.37. The van der Waals surface area contributed by atoms with Crippen LogP contribution in [0.2, 0.25) is 0 Å². The molecule has 1 saturated carbocycles. The average Bonchev–Trinajstić information content (AvgIpc) is 3.24. The van der Waals surface area contributed by atoms with Gasteiger partial charge in [-0.25, -0.2) is 0 Å². The minimum absolute atomic E-state index is 0.103. The van der Waals surface area contributed by atoms with Gasteiger partial charge in [0.2, 0.25) is 0 Å². The maximum atomic E-state index is 13.1. The van der Waals surface area contributed by atoms with Gasteiger partial charge >= 0.3 is 0 Å². The van der Waals surface area contributed by atoms with Crippen LogP contribution in [0.15, 0.2) is 29.2 Å². The summed E-state index contributed by atoms with van der Waals surface area (Å²) in [5.41, 5.74) is 2.97. The molecule has 0 unspecified atom stereocenters. The standard InChI is InChI=1S/C27H34N4O4S/c1-29(2)12-20-21(34-5)7-16(8-22(20)35-6)19-13-31(4)26(33)18-9-23(36-24(18)19)25(32)28-17-10-27(11-17)14-30(3)15-27/h7-9,13,17H,10-12,14-15H2,1-6H3,(H,28,32). The smallest absolute Gasteiger partial charge is 0.261 e. The molecule has 0 bridgehead atoms. The maximum Gasteiger partial charge on any atom is 0.261 e. The summed E-state index contributed by atoms with van der Waals surface area (Å²) in [6.07, 6.45) is 3.88. The Labute approximate surface area is 215 Å². The number of nitrogens with one attached hydrogen (secondary N) is 1. The Balaban J connectivity index is 1.50. The molecule has 1 aliphatic heterocycles. The van der Waals surface area contributed by atoms with Crippen LogP contribution in [0.3, 0.4) is 0 Å². The molecule has 8 nitrogen and oxygen atoms in total. The topological polar surface area (TPSA) is 76.0 Å². The van der Waals surface area contributed by atoms with Crippen LogP contribution in [-0.4, -0.2) is 74.8 Å². The van der Waals surface area contributed by atoms with Gasteiger partial charge in [-0.3, -0.25) is 9.59 Å². The molecule has 2 aromatic heterocycles. The molecule has 1 saturated heterocycles. The van der Waals surface area contributed by atoms with Crippen molar-refractivity contribution in [1.29, 1.82) is 0 Å². The quantitative estimate of drug-likeness (QED) is 0.526. The van der Waals surface area contributed by atoms with E-state index in [-0.39, 0.29) is 17.5 Å². The number of carbonyl (C=O) groups excluding carboxylic acids is 1. The highest BCUT2D eigenvalue weighted by Crippen LogP contribution is 2.48. The Morgan fingerprint density at radius 1 is 1.14 bits per heavy atom. The number of thiophene rings is 1. The van der Waals surface area contributed by atoms with Crippen LogP contribution in [0, 0.1) is 5.41 Å². The van der Waals surface area contributed by atoms with Gasteiger partial charge in [0.15, 0.2) is 0 Å². The van der Waals surface area contributed by atoms with Crippen molar-refractivity contribution < 1.29 is 14.3 Å². The molecule has 0 radical (unpaired) electrons. The number of aryl methyl sites for hydroxylation is 1. The largest absolute Gasteiger partial charge is 0.496 e. The molecule has 2 aliphatic rings. The molecule has 1 amide bonds. The van der Waals surface area contributed by atoms with E-state index in [0.29, 0.717) is 22.2 Å². The summed E-state index contributed by atoms with van der Waals surface area (Å²) >= 11 is 1.36. The minimum atomic E-state index is -0.118. The Morgan fingerprint density at radius 3 is 2.33 bits per heavy atom. The van der Waals surface area contributed by atoms with Gasteiger partial charge in [-0.05, 0) is 63.2 Å². The summed E-state index contributed by atoms with van der Waals surface area (Å²) in [7, 11) is 11.2. The minimum Gasteiger partial charge on any atom is -0.496 e. The van der Waals surface area contributed by atoms with Crippen LogP contribution in [0.4, 0.5) is 0 Å². The summed E-state index contributed by atoms with van der Waals surface area (Å²) in [5.74, 6) is 1.33. The monoisotopic (exact) mass is 510 g/mol. The number of carbonyl (C=O) groups is 1. The van der Waals surface area contributed by atoms with Gasteiger partial charge in [0.1, 0.15) is 11.5 Å². The summed E-state index contributed by atoms with van der Waals surface area (Å²) < 4.78 is 13.8. The lowest BCUT2D eigenvalue weighted by atomic mass is 9.61. The molecule has 3 aromatic rings. The zero-order valence-electron chi connectivity index (χ0n) is 21.8. The van der Waals surface area contributed by atoms with E-state index in [1.165, 1.54) is 11.3 Å². The Kier molecular flexibility index (Phi) is 6.34. The number of likely N-dealkylation sites (tertiary alicyclic amines) is 1. The lowest BCUT2D eigenvalue weighted by Crippen LogP contribution is -2.65. The van der Waals surface area contributed by atoms with Gasteiger partial charge in [0.05, 0.1) is 30.0 Å². The Morgan fingerprint density at radius 2 is 1.78 bits per heavy atom. The van der Waals surface area contributed by atoms with E-state index in [1.54, 1.807) is 31.9 Å². The van der Waals surface area contributed by atoms with E-state index < -0.39 is 0 Å². The van der Waals surface area contributed by atoms with Gasteiger partial charge in [-0.1, -0.05) is 0 Å². The molecule has 192 valence electrons. The number of hydrogen-bond donors (Lipinski definition) is 1. The lowest BCUT2D eigenvalue weighted by Gasteiger charge is -2.58. The average molecular weight is 511 g/mol. The van der Waals surface area contributed by atoms with Crippen LogP contribution in [0.5, 0.6) is 11.5 Å². The van der Waals surface area contributed by atoms with Crippen LogP contribution < -0.4 is 20.3 Å². The third kappa shape index (κ3) is 4.29. The second-order valence-corrected chi connectivity index (χ2v) is 11.7. The van der Waals surface area contributed by atoms with Gasteiger partial charge in [-0.15, -0.1) is 11.3 Å². The first-order valence-corrected chi connectivity index (χ1v) is 13.0. The molecule has 1 aliphatic carbocycles. The predicted molar refractivity (Wildman–Crippen MR) is 143 cm³/mol. The first-order valence-electron chi connectivity index (χ1n) is 12.2. The Hall–Kier alpha value is -2.88. The van der Waals surface area contributed by atoms with Crippen LogP contribution >= 0.6 is 11.3 Å². The van der Waals surface area contributed by atoms with E-state index in [1.807, 2.05) is 32.4 Å². The number of nitrogens with zero attached hydrogens (tertiary/aromatic N) is 3. The van der Waals surface area contributed by atoms with Crippen molar-refractivity contribution >= 4 is 27.3 Å². The van der Waals surface area contributed by atoms with E-state index >= 15 is 0 Å². The van der Waals surface area contributed by atoms with Crippen molar-refractivity contribution in [3.8, 4) is 22.6 Å². The summed E-state index contributed by atoms with van der Waals surface area (Å²) in [4.78, 5) is 31.1. The van der Waals surface area contributed by atoms with Gasteiger partial charge in [0.25, 0.3) is 11.5 Å². The third-order valence-corrected chi connectivity index (χ3v) is 8.54. The molecule has 36 heavy (non-hydrogen) atoms. The maximum absolute atomic E-state index is 13.1. The summed E-state index contributed by atoms with van der Waals surface area (Å²) in [6.45, 7) is 2.89. The first-order chi connectivity index (χ1) is 17.1. The van der Waals surface area contributed by atoms with E-state index in [2.05, 4.69) is 22.2 Å². The number of ether oxygens (including phenoxy) is 2. The fraction of sp³-hybridized carbons (Fsp3) is 0.481. The van der Waals surface area contributed by atoms with Crippen molar-refractivity contribution in [2.24, 2.45) is 12.5 Å². The fourth-order valence-electron chi connectivity index (χ4n) is 5.88. The normalized spacial score (nSPS) is 17.3. The number of methoxy groups -OCH3 is 2. The van der Waals surface area contributed by atoms with Crippen LogP contribution in [-0.2, 0) is 13.6 Å². The summed E-state index contributed by atoms with van der Waals surface area (Å²) in [6, 6.07) is 5.89. The number of rotatable bonds is 7. The molecular formula is C27H34N4O4S. The number of pyridine rings is 1. The highest BCUT2D eigenvalue weighted by atomic mass is 32.1. The van der Waals surface area contributed by atoms with E-state index in [0.717, 1.165) is 58.8 Å². The first kappa shape index (κ1) is 24.8. The zero-order chi connectivity index (χ0) is 25.8. The number of hydrogen-bond acceptors (Lipinski definition) is 7. The molecule has 3 heterocycles. The van der Waals surface area contributed by atoms with Crippen LogP contribution in [0.1, 0.15) is 28.1 Å². The highest BCUT2D eigenvalue weighted by molar-refractivity contribution is 7.21. The van der Waals surface area contributed by atoms with Crippen molar-refractivity contribution in [2.45, 2.75) is 25.4 Å².